The van der Waals surface area contributed by atoms with E-state index < -0.39 is 24.6 Å². The monoisotopic (exact) mass is 546 g/mol. The molecule has 3 aromatic rings. The fraction of sp³-hybridized carbons (Fsp3) is 0.200. The molecule has 0 unspecified atom stereocenters. The van der Waals surface area contributed by atoms with Gasteiger partial charge < -0.3 is 14.6 Å². The van der Waals surface area contributed by atoms with E-state index in [2.05, 4.69) is 4.99 Å². The third kappa shape index (κ3) is 5.09. The number of carbonyl (C=O) groups excluding carboxylic acids is 1. The van der Waals surface area contributed by atoms with E-state index in [-0.39, 0.29) is 22.8 Å². The van der Waals surface area contributed by atoms with Crippen LogP contribution in [-0.2, 0) is 14.3 Å². The van der Waals surface area contributed by atoms with Crippen LogP contribution in [0.15, 0.2) is 63.5 Å². The molecule has 2 aromatic carbocycles. The van der Waals surface area contributed by atoms with Crippen LogP contribution < -0.4 is 19.6 Å². The highest BCUT2D eigenvalue weighted by molar-refractivity contribution is 7.07. The number of thiazole rings is 1. The summed E-state index contributed by atoms with van der Waals surface area (Å²) in [6.45, 7) is 3.08. The van der Waals surface area contributed by atoms with Crippen molar-refractivity contribution in [2.75, 3.05) is 13.2 Å². The number of ether oxygens (including phenoxy) is 2. The smallest absolute Gasteiger partial charge is 0.341 e. The van der Waals surface area contributed by atoms with E-state index in [9.17, 15) is 14.4 Å². The van der Waals surface area contributed by atoms with Gasteiger partial charge in [0.1, 0.15) is 11.8 Å². The number of allylic oxidation sites excluding steroid dienone is 1. The molecule has 0 saturated carbocycles. The van der Waals surface area contributed by atoms with Crippen molar-refractivity contribution in [2.24, 2.45) is 4.99 Å². The zero-order valence-electron chi connectivity index (χ0n) is 19.2. The third-order valence-electron chi connectivity index (χ3n) is 5.33. The summed E-state index contributed by atoms with van der Waals surface area (Å²) in [5, 5.41) is 9.27. The van der Waals surface area contributed by atoms with Gasteiger partial charge in [-0.3, -0.25) is 9.36 Å². The first-order valence-electron chi connectivity index (χ1n) is 10.8. The SMILES string of the molecule is CCOC(=O)C1=C(C)N=c2s/c(=C\c3ccc(OCC(=O)O)cc3)c(=O)n2[C@@H]1c1cccc(Cl)c1Cl. The lowest BCUT2D eigenvalue weighted by Crippen LogP contribution is -2.40. The molecule has 0 saturated heterocycles. The number of carboxylic acids is 1. The van der Waals surface area contributed by atoms with Gasteiger partial charge in [-0.2, -0.15) is 0 Å². The molecule has 186 valence electrons. The summed E-state index contributed by atoms with van der Waals surface area (Å²) in [5.41, 5.74) is 1.44. The lowest BCUT2D eigenvalue weighted by Gasteiger charge is -2.25. The van der Waals surface area contributed by atoms with Gasteiger partial charge in [0.05, 0.1) is 32.5 Å². The van der Waals surface area contributed by atoms with Crippen molar-refractivity contribution < 1.29 is 24.2 Å². The molecule has 0 radical (unpaired) electrons. The van der Waals surface area contributed by atoms with E-state index in [0.29, 0.717) is 36.9 Å². The average Bonchev–Trinajstić information content (AvgIpc) is 3.14. The minimum absolute atomic E-state index is 0.155. The van der Waals surface area contributed by atoms with Crippen LogP contribution in [0.4, 0.5) is 0 Å². The molecule has 2 heterocycles. The number of esters is 1. The van der Waals surface area contributed by atoms with Crippen LogP contribution in [0, 0.1) is 0 Å². The Bertz CT molecular complexity index is 1560. The van der Waals surface area contributed by atoms with Gasteiger partial charge in [0.25, 0.3) is 5.56 Å². The summed E-state index contributed by atoms with van der Waals surface area (Å²) in [5.74, 6) is -1.28. The summed E-state index contributed by atoms with van der Waals surface area (Å²) in [6.07, 6.45) is 1.69. The van der Waals surface area contributed by atoms with Gasteiger partial charge in [-0.1, -0.05) is 58.8 Å². The van der Waals surface area contributed by atoms with Gasteiger partial charge in [-0.25, -0.2) is 14.6 Å². The number of fused-ring (bicyclic) bond motifs is 1. The Morgan fingerprint density at radius 1 is 1.19 bits per heavy atom. The maximum absolute atomic E-state index is 13.6. The van der Waals surface area contributed by atoms with Crippen molar-refractivity contribution in [3.63, 3.8) is 0 Å². The second-order valence-electron chi connectivity index (χ2n) is 7.70. The first-order valence-corrected chi connectivity index (χ1v) is 12.4. The first-order chi connectivity index (χ1) is 17.2. The summed E-state index contributed by atoms with van der Waals surface area (Å²) in [6, 6.07) is 10.8. The van der Waals surface area contributed by atoms with Crippen molar-refractivity contribution in [3.8, 4) is 5.75 Å². The van der Waals surface area contributed by atoms with E-state index in [4.69, 9.17) is 37.8 Å². The topological polar surface area (TPSA) is 107 Å². The van der Waals surface area contributed by atoms with Gasteiger partial charge in [-0.15, -0.1) is 0 Å². The minimum Gasteiger partial charge on any atom is -0.482 e. The number of nitrogens with zero attached hydrogens (tertiary/aromatic N) is 2. The quantitative estimate of drug-likeness (QED) is 0.454. The largest absolute Gasteiger partial charge is 0.482 e. The van der Waals surface area contributed by atoms with Gasteiger partial charge in [0, 0.05) is 5.56 Å². The Labute approximate surface area is 219 Å². The third-order valence-corrected chi connectivity index (χ3v) is 7.15. The van der Waals surface area contributed by atoms with E-state index >= 15 is 0 Å². The molecule has 11 heteroatoms. The lowest BCUT2D eigenvalue weighted by molar-refractivity contribution is -0.140. The Hall–Kier alpha value is -3.40. The summed E-state index contributed by atoms with van der Waals surface area (Å²) in [4.78, 5) is 42.2. The molecule has 0 amide bonds. The van der Waals surface area contributed by atoms with Gasteiger partial charge in [0.2, 0.25) is 0 Å². The number of hydrogen-bond donors (Lipinski definition) is 1. The summed E-state index contributed by atoms with van der Waals surface area (Å²) in [7, 11) is 0. The maximum Gasteiger partial charge on any atom is 0.341 e. The van der Waals surface area contributed by atoms with Crippen LogP contribution in [0.2, 0.25) is 10.0 Å². The van der Waals surface area contributed by atoms with Crippen LogP contribution in [0.25, 0.3) is 6.08 Å². The van der Waals surface area contributed by atoms with Gasteiger partial charge in [0.15, 0.2) is 11.4 Å². The van der Waals surface area contributed by atoms with Crippen LogP contribution >= 0.6 is 34.5 Å². The highest BCUT2D eigenvalue weighted by Gasteiger charge is 2.34. The predicted molar refractivity (Wildman–Crippen MR) is 136 cm³/mol. The Balaban J connectivity index is 1.85. The zero-order valence-corrected chi connectivity index (χ0v) is 21.5. The van der Waals surface area contributed by atoms with Crippen LogP contribution in [-0.4, -0.2) is 34.8 Å². The normalized spacial score (nSPS) is 15.3. The molecular weight excluding hydrogens is 527 g/mol. The molecule has 0 fully saturated rings. The molecule has 1 aliphatic rings. The standard InChI is InChI=1S/C25H20Cl2N2O6S/c1-3-34-24(33)20-13(2)28-25-29(22(20)16-5-4-6-17(26)21(16)27)23(32)18(36-25)11-14-7-9-15(10-8-14)35-12-19(30)31/h4-11,22H,3,12H2,1-2H3,(H,30,31)/b18-11-/t22-/m1/s1. The van der Waals surface area contributed by atoms with E-state index in [1.165, 1.54) is 15.9 Å². The average molecular weight is 547 g/mol. The van der Waals surface area contributed by atoms with Crippen LogP contribution in [0.5, 0.6) is 5.75 Å². The number of benzene rings is 2. The molecule has 8 nitrogen and oxygen atoms in total. The van der Waals surface area contributed by atoms with Gasteiger partial charge >= 0.3 is 11.9 Å². The highest BCUT2D eigenvalue weighted by Crippen LogP contribution is 2.37. The van der Waals surface area contributed by atoms with Gasteiger partial charge in [-0.05, 0) is 43.7 Å². The second kappa shape index (κ2) is 10.7. The summed E-state index contributed by atoms with van der Waals surface area (Å²) < 4.78 is 12.2. The molecule has 4 rings (SSSR count). The molecule has 0 spiro atoms. The fourth-order valence-electron chi connectivity index (χ4n) is 3.77. The Kier molecular flexibility index (Phi) is 7.63. The van der Waals surface area contributed by atoms with Crippen LogP contribution in [0.3, 0.4) is 0 Å². The number of aliphatic carboxylic acids is 1. The number of carboxylic acid groups (broad SMARTS) is 1. The molecule has 1 aromatic heterocycles. The Morgan fingerprint density at radius 3 is 2.58 bits per heavy atom. The number of hydrogen-bond acceptors (Lipinski definition) is 7. The van der Waals surface area contributed by atoms with E-state index in [1.807, 2.05) is 0 Å². The van der Waals surface area contributed by atoms with E-state index in [1.54, 1.807) is 62.4 Å². The predicted octanol–water partition coefficient (Wildman–Crippen LogP) is 3.57. The maximum atomic E-state index is 13.6. The van der Waals surface area contributed by atoms with Crippen molar-refractivity contribution in [2.45, 2.75) is 19.9 Å². The highest BCUT2D eigenvalue weighted by atomic mass is 35.5. The lowest BCUT2D eigenvalue weighted by atomic mass is 9.96. The van der Waals surface area contributed by atoms with Crippen molar-refractivity contribution >= 4 is 52.6 Å². The minimum atomic E-state index is -1.08. The number of aromatic nitrogens is 1. The summed E-state index contributed by atoms with van der Waals surface area (Å²) >= 11 is 14.0. The molecule has 1 N–H and O–H groups in total. The fourth-order valence-corrected chi connectivity index (χ4v) is 5.23. The van der Waals surface area contributed by atoms with Crippen molar-refractivity contribution in [1.29, 1.82) is 0 Å². The second-order valence-corrected chi connectivity index (χ2v) is 9.49. The molecule has 0 aliphatic carbocycles. The number of carbonyl (C=O) groups is 2. The molecular formula is C25H20Cl2N2O6S. The molecule has 1 atom stereocenters. The molecule has 0 bridgehead atoms. The van der Waals surface area contributed by atoms with E-state index in [0.717, 1.165) is 0 Å². The van der Waals surface area contributed by atoms with Crippen LogP contribution in [0.1, 0.15) is 31.0 Å². The number of halogens is 2. The zero-order chi connectivity index (χ0) is 26.0. The molecule has 1 aliphatic heterocycles. The molecule has 36 heavy (non-hydrogen) atoms. The Morgan fingerprint density at radius 2 is 1.92 bits per heavy atom. The first kappa shape index (κ1) is 25.7. The number of rotatable bonds is 7. The van der Waals surface area contributed by atoms with Crippen molar-refractivity contribution in [1.82, 2.24) is 4.57 Å². The van der Waals surface area contributed by atoms with Crippen molar-refractivity contribution in [3.05, 3.63) is 94.6 Å².